The summed E-state index contributed by atoms with van der Waals surface area (Å²) < 4.78 is 8.80. The fourth-order valence-corrected chi connectivity index (χ4v) is 3.60. The van der Waals surface area contributed by atoms with Gasteiger partial charge in [0.25, 0.3) is 5.91 Å². The average molecular weight is 417 g/mol. The van der Waals surface area contributed by atoms with Crippen LogP contribution < -0.4 is 10.1 Å². The summed E-state index contributed by atoms with van der Waals surface area (Å²) in [7, 11) is 1.45. The number of hydrogen-bond donors (Lipinski definition) is 1. The van der Waals surface area contributed by atoms with Crippen LogP contribution in [-0.4, -0.2) is 52.5 Å². The van der Waals surface area contributed by atoms with Crippen molar-refractivity contribution in [3.05, 3.63) is 54.4 Å². The lowest BCUT2D eigenvalue weighted by Crippen LogP contribution is -2.14. The molecule has 31 heavy (non-hydrogen) atoms. The van der Waals surface area contributed by atoms with Crippen LogP contribution in [-0.2, 0) is 6.42 Å². The van der Waals surface area contributed by atoms with Gasteiger partial charge < -0.3 is 14.6 Å². The highest BCUT2D eigenvalue weighted by Gasteiger charge is 2.25. The number of carbonyl (C=O) groups excluding carboxylic acids is 1. The number of nitrogens with one attached hydrogen (secondary N) is 1. The topological polar surface area (TPSA) is 126 Å². The lowest BCUT2D eigenvalue weighted by molar-refractivity contribution is 0.102. The van der Waals surface area contributed by atoms with Gasteiger partial charge in [0.05, 0.1) is 13.3 Å². The molecular formula is C20H19N9O2. The fourth-order valence-electron chi connectivity index (χ4n) is 3.60. The van der Waals surface area contributed by atoms with Crippen LogP contribution in [0.3, 0.4) is 0 Å². The van der Waals surface area contributed by atoms with Crippen LogP contribution in [0.1, 0.15) is 35.6 Å². The van der Waals surface area contributed by atoms with E-state index in [0.29, 0.717) is 29.2 Å². The molecule has 0 saturated carbocycles. The standard InChI is InChI=1S/C20H19N9O2/c1-12-6-7-16-25-26-18(29(12)16)14-4-3-5-15(23-14)24-19(30)13-11-28(27-20(13)31-2)17-10-21-8-9-22-17/h3-5,8-12H,6-7H2,1-2H3,(H,23,24,30). The highest BCUT2D eigenvalue weighted by Crippen LogP contribution is 2.30. The quantitative estimate of drug-likeness (QED) is 0.523. The minimum Gasteiger partial charge on any atom is -0.479 e. The van der Waals surface area contributed by atoms with Crippen molar-refractivity contribution >= 4 is 11.7 Å². The van der Waals surface area contributed by atoms with Crippen molar-refractivity contribution in [1.29, 1.82) is 0 Å². The van der Waals surface area contributed by atoms with Gasteiger partial charge >= 0.3 is 0 Å². The van der Waals surface area contributed by atoms with E-state index in [0.717, 1.165) is 18.7 Å². The zero-order chi connectivity index (χ0) is 21.4. The molecule has 0 fully saturated rings. The summed E-state index contributed by atoms with van der Waals surface area (Å²) in [5, 5.41) is 15.6. The number of methoxy groups -OCH3 is 1. The largest absolute Gasteiger partial charge is 0.479 e. The second-order valence-electron chi connectivity index (χ2n) is 7.12. The molecule has 4 aromatic heterocycles. The Labute approximate surface area is 177 Å². The first-order valence-corrected chi connectivity index (χ1v) is 9.76. The van der Waals surface area contributed by atoms with Crippen molar-refractivity contribution in [2.24, 2.45) is 0 Å². The summed E-state index contributed by atoms with van der Waals surface area (Å²) in [6, 6.07) is 5.70. The van der Waals surface area contributed by atoms with E-state index in [4.69, 9.17) is 4.74 Å². The monoisotopic (exact) mass is 417 g/mol. The number of ether oxygens (including phenoxy) is 1. The van der Waals surface area contributed by atoms with Crippen molar-refractivity contribution in [3.8, 4) is 23.2 Å². The number of anilines is 1. The Hall–Kier alpha value is -4.15. The molecule has 0 bridgehead atoms. The lowest BCUT2D eigenvalue weighted by atomic mass is 10.2. The third kappa shape index (κ3) is 3.39. The molecule has 1 aliphatic heterocycles. The normalized spacial score (nSPS) is 15.0. The van der Waals surface area contributed by atoms with Gasteiger partial charge in [-0.05, 0) is 25.5 Å². The van der Waals surface area contributed by atoms with E-state index in [2.05, 4.69) is 47.1 Å². The molecule has 11 heteroatoms. The van der Waals surface area contributed by atoms with Crippen LogP contribution in [0.4, 0.5) is 5.82 Å². The molecule has 1 unspecified atom stereocenters. The van der Waals surface area contributed by atoms with E-state index in [9.17, 15) is 4.79 Å². The minimum atomic E-state index is -0.406. The molecule has 4 aromatic rings. The van der Waals surface area contributed by atoms with Crippen LogP contribution >= 0.6 is 0 Å². The number of aromatic nitrogens is 8. The second-order valence-corrected chi connectivity index (χ2v) is 7.12. The minimum absolute atomic E-state index is 0.170. The molecule has 156 valence electrons. The number of aryl methyl sites for hydroxylation is 1. The van der Waals surface area contributed by atoms with E-state index in [1.165, 1.54) is 24.2 Å². The Kier molecular flexibility index (Phi) is 4.62. The molecule has 0 radical (unpaired) electrons. The Bertz CT molecular complexity index is 1250. The van der Waals surface area contributed by atoms with Crippen LogP contribution in [0.5, 0.6) is 5.88 Å². The number of rotatable bonds is 5. The van der Waals surface area contributed by atoms with Crippen molar-refractivity contribution in [2.75, 3.05) is 12.4 Å². The summed E-state index contributed by atoms with van der Waals surface area (Å²) in [5.41, 5.74) is 0.893. The summed E-state index contributed by atoms with van der Waals surface area (Å²) in [6.45, 7) is 2.13. The van der Waals surface area contributed by atoms with Crippen LogP contribution in [0, 0.1) is 0 Å². The molecule has 0 aromatic carbocycles. The maximum absolute atomic E-state index is 12.9. The predicted octanol–water partition coefficient (Wildman–Crippen LogP) is 2.08. The number of pyridine rings is 1. The zero-order valence-electron chi connectivity index (χ0n) is 16.9. The smallest absolute Gasteiger partial charge is 0.263 e. The maximum Gasteiger partial charge on any atom is 0.263 e. The van der Waals surface area contributed by atoms with Crippen molar-refractivity contribution in [3.63, 3.8) is 0 Å². The van der Waals surface area contributed by atoms with Crippen molar-refractivity contribution in [1.82, 2.24) is 39.5 Å². The first kappa shape index (κ1) is 18.9. The molecule has 11 nitrogen and oxygen atoms in total. The van der Waals surface area contributed by atoms with Crippen LogP contribution in [0.25, 0.3) is 17.3 Å². The fraction of sp³-hybridized carbons (Fsp3) is 0.250. The van der Waals surface area contributed by atoms with Crippen LogP contribution in [0.15, 0.2) is 43.0 Å². The first-order chi connectivity index (χ1) is 15.1. The Balaban J connectivity index is 1.42. The third-order valence-electron chi connectivity index (χ3n) is 5.12. The van der Waals surface area contributed by atoms with E-state index in [-0.39, 0.29) is 11.4 Å². The maximum atomic E-state index is 12.9. The van der Waals surface area contributed by atoms with E-state index >= 15 is 0 Å². The van der Waals surface area contributed by atoms with Gasteiger partial charge in [0.1, 0.15) is 22.9 Å². The summed E-state index contributed by atoms with van der Waals surface area (Å²) in [6.07, 6.45) is 8.11. The van der Waals surface area contributed by atoms with Gasteiger partial charge in [0, 0.05) is 31.1 Å². The third-order valence-corrected chi connectivity index (χ3v) is 5.12. The van der Waals surface area contributed by atoms with E-state index < -0.39 is 5.91 Å². The molecule has 1 atom stereocenters. The van der Waals surface area contributed by atoms with E-state index in [1.807, 2.05) is 12.1 Å². The second kappa shape index (κ2) is 7.59. The molecule has 5 rings (SSSR count). The van der Waals surface area contributed by atoms with Crippen molar-refractivity contribution < 1.29 is 9.53 Å². The molecule has 5 heterocycles. The Morgan fingerprint density at radius 2 is 2.16 bits per heavy atom. The summed E-state index contributed by atoms with van der Waals surface area (Å²) >= 11 is 0. The average Bonchev–Trinajstić information content (AvgIpc) is 3.51. The number of amides is 1. The zero-order valence-corrected chi connectivity index (χ0v) is 16.9. The number of nitrogens with zero attached hydrogens (tertiary/aromatic N) is 8. The highest BCUT2D eigenvalue weighted by molar-refractivity contribution is 6.05. The van der Waals surface area contributed by atoms with Gasteiger partial charge in [-0.3, -0.25) is 9.78 Å². The molecule has 0 spiro atoms. The molecule has 1 aliphatic rings. The van der Waals surface area contributed by atoms with Gasteiger partial charge in [-0.1, -0.05) is 6.07 Å². The van der Waals surface area contributed by atoms with E-state index in [1.54, 1.807) is 18.5 Å². The predicted molar refractivity (Wildman–Crippen MR) is 110 cm³/mol. The first-order valence-electron chi connectivity index (χ1n) is 9.76. The Morgan fingerprint density at radius 1 is 1.26 bits per heavy atom. The molecule has 1 N–H and O–H groups in total. The van der Waals surface area contributed by atoms with Gasteiger partial charge in [-0.25, -0.2) is 14.6 Å². The molecular weight excluding hydrogens is 398 g/mol. The number of hydrogen-bond acceptors (Lipinski definition) is 8. The molecule has 0 aliphatic carbocycles. The summed E-state index contributed by atoms with van der Waals surface area (Å²) in [5.74, 6) is 2.28. The summed E-state index contributed by atoms with van der Waals surface area (Å²) in [4.78, 5) is 25.7. The molecule has 1 amide bonds. The lowest BCUT2D eigenvalue weighted by Gasteiger charge is -2.10. The van der Waals surface area contributed by atoms with Gasteiger partial charge in [0.2, 0.25) is 5.88 Å². The van der Waals surface area contributed by atoms with Gasteiger partial charge in [0.15, 0.2) is 11.6 Å². The number of fused-ring (bicyclic) bond motifs is 1. The highest BCUT2D eigenvalue weighted by atomic mass is 16.5. The van der Waals surface area contributed by atoms with Gasteiger partial charge in [-0.15, -0.1) is 15.3 Å². The van der Waals surface area contributed by atoms with Gasteiger partial charge in [-0.2, -0.15) is 0 Å². The molecule has 0 saturated heterocycles. The Morgan fingerprint density at radius 3 is 2.97 bits per heavy atom. The SMILES string of the molecule is COc1nn(-c2cnccn2)cc1C(=O)Nc1cccc(-c2nnc3n2C(C)CC3)n1. The number of carbonyl (C=O) groups is 1. The van der Waals surface area contributed by atoms with Crippen LogP contribution in [0.2, 0.25) is 0 Å². The van der Waals surface area contributed by atoms with Crippen molar-refractivity contribution in [2.45, 2.75) is 25.8 Å².